The number of hydrogen-bond donors (Lipinski definition) is 1. The first-order valence-corrected chi connectivity index (χ1v) is 10.9. The number of nitrogens with zero attached hydrogens (tertiary/aromatic N) is 4. The van der Waals surface area contributed by atoms with Gasteiger partial charge in [0.15, 0.2) is 5.69 Å². The number of halogens is 4. The molecule has 0 atom stereocenters. The van der Waals surface area contributed by atoms with Crippen LogP contribution in [0.15, 0.2) is 60.8 Å². The fourth-order valence-electron chi connectivity index (χ4n) is 3.71. The van der Waals surface area contributed by atoms with Crippen LogP contribution in [-0.2, 0) is 11.0 Å². The van der Waals surface area contributed by atoms with Gasteiger partial charge in [-0.25, -0.2) is 4.68 Å². The van der Waals surface area contributed by atoms with Crippen LogP contribution in [0.3, 0.4) is 0 Å². The maximum Gasteiger partial charge on any atom is 0.418 e. The Kier molecular flexibility index (Phi) is 6.90. The van der Waals surface area contributed by atoms with E-state index >= 15 is 0 Å². The van der Waals surface area contributed by atoms with Gasteiger partial charge in [0.2, 0.25) is 5.91 Å². The van der Waals surface area contributed by atoms with Gasteiger partial charge in [0, 0.05) is 32.4 Å². The molecule has 1 N–H and O–H groups in total. The van der Waals surface area contributed by atoms with Gasteiger partial charge < -0.3 is 10.2 Å². The van der Waals surface area contributed by atoms with E-state index in [4.69, 9.17) is 11.6 Å². The number of nitrogens with one attached hydrogen (secondary N) is 1. The molecule has 0 saturated carbocycles. The Balaban J connectivity index is 1.31. The summed E-state index contributed by atoms with van der Waals surface area (Å²) in [5.41, 5.74) is -0.237. The quantitative estimate of drug-likeness (QED) is 0.587. The predicted octanol–water partition coefficient (Wildman–Crippen LogP) is 3.94. The summed E-state index contributed by atoms with van der Waals surface area (Å²) in [5.74, 6) is -0.788. The second-order valence-corrected chi connectivity index (χ2v) is 8.16. The highest BCUT2D eigenvalue weighted by atomic mass is 35.5. The Labute approximate surface area is 198 Å². The molecule has 1 aliphatic heterocycles. The molecule has 1 aromatic heterocycles. The lowest BCUT2D eigenvalue weighted by molar-refractivity contribution is -0.137. The fraction of sp³-hybridized carbons (Fsp3) is 0.261. The molecule has 2 heterocycles. The topological polar surface area (TPSA) is 70.5 Å². The standard InChI is InChI=1S/C23H21ClF3N5O2/c24-17-6-2-4-8-20(17)32-10-9-19(29-32)22(34)31-13-11-30(12-14-31)15-21(33)28-18-7-3-1-5-16(18)23(25,26)27/h1-10H,11-15H2,(H,28,33). The average molecular weight is 492 g/mol. The molecule has 2 amide bonds. The van der Waals surface area contributed by atoms with E-state index in [2.05, 4.69) is 10.4 Å². The first kappa shape index (κ1) is 23.8. The second-order valence-electron chi connectivity index (χ2n) is 7.76. The minimum Gasteiger partial charge on any atom is -0.335 e. The van der Waals surface area contributed by atoms with E-state index in [9.17, 15) is 22.8 Å². The number of carbonyl (C=O) groups is 2. The highest BCUT2D eigenvalue weighted by Crippen LogP contribution is 2.34. The summed E-state index contributed by atoms with van der Waals surface area (Å²) in [6.07, 6.45) is -2.90. The summed E-state index contributed by atoms with van der Waals surface area (Å²) in [4.78, 5) is 28.6. The van der Waals surface area contributed by atoms with Gasteiger partial charge >= 0.3 is 6.18 Å². The Morgan fingerprint density at radius 3 is 2.35 bits per heavy atom. The zero-order valence-electron chi connectivity index (χ0n) is 17.9. The van der Waals surface area contributed by atoms with Crippen LogP contribution in [0.1, 0.15) is 16.1 Å². The minimum absolute atomic E-state index is 0.0741. The van der Waals surface area contributed by atoms with Gasteiger partial charge in [-0.3, -0.25) is 14.5 Å². The van der Waals surface area contributed by atoms with Crippen molar-refractivity contribution in [3.05, 3.63) is 77.1 Å². The van der Waals surface area contributed by atoms with E-state index in [1.54, 1.807) is 40.3 Å². The zero-order chi connectivity index (χ0) is 24.3. The molecule has 7 nitrogen and oxygen atoms in total. The maximum absolute atomic E-state index is 13.1. The van der Waals surface area contributed by atoms with Gasteiger partial charge in [0.1, 0.15) is 0 Å². The third kappa shape index (κ3) is 5.40. The van der Waals surface area contributed by atoms with Crippen molar-refractivity contribution in [2.24, 2.45) is 0 Å². The molecule has 2 aromatic carbocycles. The van der Waals surface area contributed by atoms with Crippen LogP contribution in [0.4, 0.5) is 18.9 Å². The SMILES string of the molecule is O=C(CN1CCN(C(=O)c2ccn(-c3ccccc3Cl)n2)CC1)Nc1ccccc1C(F)(F)F. The number of amides is 2. The lowest BCUT2D eigenvalue weighted by atomic mass is 10.1. The summed E-state index contributed by atoms with van der Waals surface area (Å²) in [6, 6.07) is 13.6. The van der Waals surface area contributed by atoms with Crippen LogP contribution in [0.5, 0.6) is 0 Å². The molecule has 0 bridgehead atoms. The largest absolute Gasteiger partial charge is 0.418 e. The number of carbonyl (C=O) groups excluding carboxylic acids is 2. The Morgan fingerprint density at radius 2 is 1.65 bits per heavy atom. The smallest absolute Gasteiger partial charge is 0.335 e. The summed E-state index contributed by atoms with van der Waals surface area (Å²) in [5, 5.41) is 7.18. The minimum atomic E-state index is -4.56. The van der Waals surface area contributed by atoms with Crippen molar-refractivity contribution in [2.45, 2.75) is 6.18 Å². The van der Waals surface area contributed by atoms with Gasteiger partial charge in [0.25, 0.3) is 5.91 Å². The third-order valence-corrected chi connectivity index (χ3v) is 5.76. The Bertz CT molecular complexity index is 1190. The molecule has 34 heavy (non-hydrogen) atoms. The number of para-hydroxylation sites is 2. The summed E-state index contributed by atoms with van der Waals surface area (Å²) >= 11 is 6.19. The summed E-state index contributed by atoms with van der Waals surface area (Å²) in [6.45, 7) is 1.47. The summed E-state index contributed by atoms with van der Waals surface area (Å²) < 4.78 is 40.9. The maximum atomic E-state index is 13.1. The van der Waals surface area contributed by atoms with Gasteiger partial charge in [-0.2, -0.15) is 18.3 Å². The van der Waals surface area contributed by atoms with Crippen LogP contribution in [-0.4, -0.2) is 64.1 Å². The van der Waals surface area contributed by atoms with Gasteiger partial charge in [-0.1, -0.05) is 35.9 Å². The number of benzene rings is 2. The Morgan fingerprint density at radius 1 is 0.971 bits per heavy atom. The van der Waals surface area contributed by atoms with Crippen molar-refractivity contribution in [2.75, 3.05) is 38.0 Å². The molecule has 0 unspecified atom stereocenters. The Hall–Kier alpha value is -3.37. The molecular weight excluding hydrogens is 471 g/mol. The highest BCUT2D eigenvalue weighted by molar-refractivity contribution is 6.32. The molecule has 1 fully saturated rings. The highest BCUT2D eigenvalue weighted by Gasteiger charge is 2.33. The van der Waals surface area contributed by atoms with Crippen LogP contribution in [0.25, 0.3) is 5.69 Å². The van der Waals surface area contributed by atoms with E-state index in [0.717, 1.165) is 6.07 Å². The van der Waals surface area contributed by atoms with Gasteiger partial charge in [0.05, 0.1) is 28.5 Å². The number of piperazine rings is 1. The van der Waals surface area contributed by atoms with E-state index in [1.165, 1.54) is 22.9 Å². The lowest BCUT2D eigenvalue weighted by Crippen LogP contribution is -2.50. The van der Waals surface area contributed by atoms with E-state index < -0.39 is 17.6 Å². The van der Waals surface area contributed by atoms with Crippen LogP contribution in [0.2, 0.25) is 5.02 Å². The molecule has 0 spiro atoms. The average Bonchev–Trinajstić information content (AvgIpc) is 3.29. The zero-order valence-corrected chi connectivity index (χ0v) is 18.7. The molecule has 3 aromatic rings. The first-order chi connectivity index (χ1) is 16.2. The summed E-state index contributed by atoms with van der Waals surface area (Å²) in [7, 11) is 0. The number of rotatable bonds is 5. The first-order valence-electron chi connectivity index (χ1n) is 10.5. The number of alkyl halides is 3. The number of hydrogen-bond acceptors (Lipinski definition) is 4. The second kappa shape index (κ2) is 9.86. The number of anilines is 1. The molecular formula is C23H21ClF3N5O2. The molecule has 4 rings (SSSR count). The molecule has 1 aliphatic rings. The van der Waals surface area contributed by atoms with Crippen molar-refractivity contribution >= 4 is 29.1 Å². The van der Waals surface area contributed by atoms with Crippen molar-refractivity contribution in [1.29, 1.82) is 0 Å². The number of aromatic nitrogens is 2. The van der Waals surface area contributed by atoms with Crippen LogP contribution in [0, 0.1) is 0 Å². The van der Waals surface area contributed by atoms with Crippen molar-refractivity contribution in [3.63, 3.8) is 0 Å². The van der Waals surface area contributed by atoms with Crippen molar-refractivity contribution < 1.29 is 22.8 Å². The molecule has 178 valence electrons. The predicted molar refractivity (Wildman–Crippen MR) is 121 cm³/mol. The van der Waals surface area contributed by atoms with E-state index in [-0.39, 0.29) is 23.8 Å². The lowest BCUT2D eigenvalue weighted by Gasteiger charge is -2.34. The molecule has 1 saturated heterocycles. The molecule has 0 aliphatic carbocycles. The van der Waals surface area contributed by atoms with Crippen molar-refractivity contribution in [3.8, 4) is 5.69 Å². The normalized spacial score (nSPS) is 14.8. The molecule has 11 heteroatoms. The van der Waals surface area contributed by atoms with E-state index in [1.807, 2.05) is 6.07 Å². The van der Waals surface area contributed by atoms with Crippen LogP contribution < -0.4 is 5.32 Å². The van der Waals surface area contributed by atoms with Crippen LogP contribution >= 0.6 is 11.6 Å². The molecule has 0 radical (unpaired) electrons. The monoisotopic (exact) mass is 491 g/mol. The van der Waals surface area contributed by atoms with Gasteiger partial charge in [-0.15, -0.1) is 0 Å². The fourth-order valence-corrected chi connectivity index (χ4v) is 3.94. The van der Waals surface area contributed by atoms with E-state index in [0.29, 0.717) is 36.9 Å². The van der Waals surface area contributed by atoms with Crippen molar-refractivity contribution in [1.82, 2.24) is 19.6 Å². The van der Waals surface area contributed by atoms with Gasteiger partial charge in [-0.05, 0) is 30.3 Å². The third-order valence-electron chi connectivity index (χ3n) is 5.44.